The number of likely N-dealkylation sites (N-methyl/N-ethyl adjacent to an activating group) is 2. The zero-order valence-corrected chi connectivity index (χ0v) is 23.7. The van der Waals surface area contributed by atoms with Crippen molar-refractivity contribution in [3.63, 3.8) is 0 Å². The molecule has 0 amide bonds. The summed E-state index contributed by atoms with van der Waals surface area (Å²) in [6.07, 6.45) is 0.880. The molecular formula is C25H47N4O5P. The first kappa shape index (κ1) is 31.7. The molecule has 1 rings (SSSR count). The Balaban J connectivity index is 3.41. The van der Waals surface area contributed by atoms with Gasteiger partial charge in [0.1, 0.15) is 6.29 Å². The number of rotatable bonds is 19. The van der Waals surface area contributed by atoms with Crippen molar-refractivity contribution in [1.29, 1.82) is 0 Å². The molecule has 0 aromatic heterocycles. The lowest BCUT2D eigenvalue weighted by Gasteiger charge is -2.41. The van der Waals surface area contributed by atoms with Gasteiger partial charge < -0.3 is 18.8 Å². The minimum atomic E-state index is -3.33. The van der Waals surface area contributed by atoms with Crippen molar-refractivity contribution in [2.45, 2.75) is 67.0 Å². The third-order valence-electron chi connectivity index (χ3n) is 6.42. The van der Waals surface area contributed by atoms with Crippen LogP contribution in [0.1, 0.15) is 54.0 Å². The van der Waals surface area contributed by atoms with Gasteiger partial charge in [-0.25, -0.2) is 0 Å². The van der Waals surface area contributed by atoms with Crippen LogP contribution in [-0.2, 0) is 20.0 Å². The lowest BCUT2D eigenvalue weighted by atomic mass is 10.0. The molecule has 0 saturated carbocycles. The Morgan fingerprint density at radius 2 is 1.37 bits per heavy atom. The monoisotopic (exact) mass is 514 g/mol. The minimum Gasteiger partial charge on any atom is -0.308 e. The summed E-state index contributed by atoms with van der Waals surface area (Å²) in [5, 5.41) is 11.1. The Morgan fingerprint density at radius 1 is 0.886 bits per heavy atom. The molecule has 0 heterocycles. The summed E-state index contributed by atoms with van der Waals surface area (Å²) in [5.41, 5.74) is 1.09. The predicted molar refractivity (Wildman–Crippen MR) is 143 cm³/mol. The molecule has 35 heavy (non-hydrogen) atoms. The van der Waals surface area contributed by atoms with E-state index >= 15 is 0 Å². The maximum Gasteiger partial charge on any atom is 0.344 e. The molecule has 0 saturated heterocycles. The number of nitrogens with zero attached hydrogens (tertiary/aromatic N) is 4. The van der Waals surface area contributed by atoms with Gasteiger partial charge >= 0.3 is 7.60 Å². The first-order valence-corrected chi connectivity index (χ1v) is 14.7. The Hall–Kier alpha value is -1.35. The first-order chi connectivity index (χ1) is 16.7. The Morgan fingerprint density at radius 3 is 1.80 bits per heavy atom. The highest BCUT2D eigenvalue weighted by Crippen LogP contribution is 2.49. The van der Waals surface area contributed by atoms with Crippen LogP contribution in [0.4, 0.5) is 5.69 Å². The van der Waals surface area contributed by atoms with Crippen LogP contribution in [0.25, 0.3) is 0 Å². The van der Waals surface area contributed by atoms with E-state index in [0.717, 1.165) is 44.8 Å². The number of non-ortho nitro benzene ring substituents is 1. The van der Waals surface area contributed by atoms with Gasteiger partial charge in [0.25, 0.3) is 5.69 Å². The van der Waals surface area contributed by atoms with Crippen molar-refractivity contribution < 1.29 is 18.5 Å². The normalized spacial score (nSPS) is 14.1. The van der Waals surface area contributed by atoms with E-state index in [4.69, 9.17) is 9.05 Å². The van der Waals surface area contributed by atoms with Gasteiger partial charge in [0.05, 0.1) is 18.1 Å². The van der Waals surface area contributed by atoms with E-state index in [-0.39, 0.29) is 29.0 Å². The number of nitro groups is 1. The summed E-state index contributed by atoms with van der Waals surface area (Å²) in [6.45, 7) is 20.3. The predicted octanol–water partition coefficient (Wildman–Crippen LogP) is 5.10. The molecule has 0 aliphatic rings. The first-order valence-electron chi connectivity index (χ1n) is 13.0. The fourth-order valence-electron chi connectivity index (χ4n) is 4.38. The summed E-state index contributed by atoms with van der Waals surface area (Å²) in [4.78, 5) is 17.8. The molecule has 1 aromatic rings. The minimum absolute atomic E-state index is 0.0242. The van der Waals surface area contributed by atoms with Crippen LogP contribution in [0.3, 0.4) is 0 Å². The van der Waals surface area contributed by atoms with Crippen LogP contribution >= 0.6 is 7.60 Å². The average Bonchev–Trinajstić information content (AvgIpc) is 2.84. The van der Waals surface area contributed by atoms with E-state index in [0.29, 0.717) is 19.6 Å². The molecular weight excluding hydrogens is 467 g/mol. The Kier molecular flexibility index (Phi) is 14.8. The van der Waals surface area contributed by atoms with Gasteiger partial charge in [-0.2, -0.15) is 0 Å². The molecule has 0 aliphatic carbocycles. The topological polar surface area (TPSA) is 88.4 Å². The third kappa shape index (κ3) is 10.7. The fourth-order valence-corrected chi connectivity index (χ4v) is 6.31. The molecule has 2 atom stereocenters. The van der Waals surface area contributed by atoms with Gasteiger partial charge in [-0.3, -0.25) is 19.6 Å². The third-order valence-corrected chi connectivity index (χ3v) is 8.40. The van der Waals surface area contributed by atoms with Gasteiger partial charge in [-0.15, -0.1) is 0 Å². The van der Waals surface area contributed by atoms with Crippen LogP contribution < -0.4 is 0 Å². The van der Waals surface area contributed by atoms with Gasteiger partial charge in [0, 0.05) is 37.3 Å². The van der Waals surface area contributed by atoms with Gasteiger partial charge in [0.15, 0.2) is 0 Å². The molecule has 0 bridgehead atoms. The highest BCUT2D eigenvalue weighted by Gasteiger charge is 2.35. The highest BCUT2D eigenvalue weighted by atomic mass is 31.2. The van der Waals surface area contributed by atoms with Crippen molar-refractivity contribution in [2.75, 3.05) is 58.8 Å². The zero-order valence-electron chi connectivity index (χ0n) is 22.8. The molecule has 10 heteroatoms. The number of hydrogen-bond donors (Lipinski definition) is 0. The van der Waals surface area contributed by atoms with E-state index in [1.165, 1.54) is 0 Å². The van der Waals surface area contributed by atoms with Gasteiger partial charge in [-0.05, 0) is 58.9 Å². The number of benzene rings is 1. The smallest absolute Gasteiger partial charge is 0.308 e. The van der Waals surface area contributed by atoms with Crippen LogP contribution in [0, 0.1) is 10.1 Å². The zero-order chi connectivity index (χ0) is 26.4. The molecule has 0 N–H and O–H groups in total. The Bertz CT molecular complexity index is 762. The highest BCUT2D eigenvalue weighted by molar-refractivity contribution is 7.53. The molecule has 0 fully saturated rings. The summed E-state index contributed by atoms with van der Waals surface area (Å²) in [5.74, 6) is 0. The Labute approximate surface area is 212 Å². The molecule has 0 radical (unpaired) electrons. The fraction of sp³-hybridized carbons (Fsp3) is 0.760. The standard InChI is InChI=1S/C25H47N4O5P/c1-8-26(9-2)19-22(7)28(21-35(32,33-12-5)34-13-6)25(20-27(10-3)11-4)18-23-14-16-24(17-15-23)29(30)31/h14-17,22,25H,8-13,18-21H2,1-7H3/t22-,25+/m1/s1. The average molecular weight is 515 g/mol. The SMILES string of the molecule is CCOP(=O)(CN([C@@H](Cc1ccc([N+](=O)[O-])cc1)CN(CC)CC)[C@H](C)CN(CC)CC)OCC. The lowest BCUT2D eigenvalue weighted by molar-refractivity contribution is -0.384. The number of nitro benzene ring substituents is 1. The molecule has 202 valence electrons. The molecule has 1 aromatic carbocycles. The maximum atomic E-state index is 13.7. The second-order valence-electron chi connectivity index (χ2n) is 8.70. The lowest BCUT2D eigenvalue weighted by Crippen LogP contribution is -2.52. The summed E-state index contributed by atoms with van der Waals surface area (Å²) in [7, 11) is -3.33. The van der Waals surface area contributed by atoms with Crippen molar-refractivity contribution in [2.24, 2.45) is 0 Å². The quantitative estimate of drug-likeness (QED) is 0.143. The largest absolute Gasteiger partial charge is 0.344 e. The van der Waals surface area contributed by atoms with E-state index in [2.05, 4.69) is 49.3 Å². The molecule has 0 aliphatic heterocycles. The van der Waals surface area contributed by atoms with Crippen molar-refractivity contribution in [1.82, 2.24) is 14.7 Å². The van der Waals surface area contributed by atoms with Crippen molar-refractivity contribution in [3.8, 4) is 0 Å². The summed E-state index contributed by atoms with van der Waals surface area (Å²) < 4.78 is 25.1. The van der Waals surface area contributed by atoms with E-state index < -0.39 is 7.60 Å². The summed E-state index contributed by atoms with van der Waals surface area (Å²) in [6, 6.07) is 6.88. The van der Waals surface area contributed by atoms with Crippen LogP contribution in [0.2, 0.25) is 0 Å². The van der Waals surface area contributed by atoms with Gasteiger partial charge in [-0.1, -0.05) is 39.8 Å². The van der Waals surface area contributed by atoms with Crippen LogP contribution in [0.15, 0.2) is 24.3 Å². The van der Waals surface area contributed by atoms with Crippen molar-refractivity contribution >= 4 is 13.3 Å². The second-order valence-corrected chi connectivity index (χ2v) is 10.7. The van der Waals surface area contributed by atoms with Crippen LogP contribution in [0.5, 0.6) is 0 Å². The van der Waals surface area contributed by atoms with E-state index in [1.54, 1.807) is 12.1 Å². The maximum absolute atomic E-state index is 13.7. The molecule has 0 spiro atoms. The second kappa shape index (κ2) is 16.4. The van der Waals surface area contributed by atoms with E-state index in [9.17, 15) is 14.7 Å². The van der Waals surface area contributed by atoms with Gasteiger partial charge in [0.2, 0.25) is 0 Å². The van der Waals surface area contributed by atoms with Crippen LogP contribution in [-0.4, -0.2) is 90.5 Å². The molecule has 9 nitrogen and oxygen atoms in total. The molecule has 0 unspecified atom stereocenters. The van der Waals surface area contributed by atoms with Crippen molar-refractivity contribution in [3.05, 3.63) is 39.9 Å². The number of hydrogen-bond acceptors (Lipinski definition) is 8. The summed E-state index contributed by atoms with van der Waals surface area (Å²) >= 11 is 0. The van der Waals surface area contributed by atoms with E-state index in [1.807, 2.05) is 26.0 Å².